The first-order valence-corrected chi connectivity index (χ1v) is 13.2. The number of piperidine rings is 1. The van der Waals surface area contributed by atoms with Gasteiger partial charge in [0.1, 0.15) is 11.9 Å². The lowest BCUT2D eigenvalue weighted by Gasteiger charge is -2.38. The highest BCUT2D eigenvalue weighted by Gasteiger charge is 2.34. The Hall–Kier alpha value is -3.43. The molecule has 6 rings (SSSR count). The standard InChI is InChI=1S/C29H29ClN4O4/c30-21-10-8-20(9-11-21)29(36)12-16-34(17-13-29)15-3-4-19-18-24-23(26-32-28(35)38-33-26)5-1-7-25(24)37-27-22(19)6-2-14-31-27/h1-2,4-11,14,26,33,36H,3,12-13,15-18H2,(H,32,35)/b19-4-. The Bertz CT molecular complexity index is 1370. The maximum absolute atomic E-state index is 11.7. The van der Waals surface area contributed by atoms with Gasteiger partial charge in [-0.2, -0.15) is 0 Å². The highest BCUT2D eigenvalue weighted by Crippen LogP contribution is 2.41. The predicted molar refractivity (Wildman–Crippen MR) is 144 cm³/mol. The number of aromatic nitrogens is 1. The molecule has 196 valence electrons. The van der Waals surface area contributed by atoms with E-state index in [-0.39, 0.29) is 0 Å². The van der Waals surface area contributed by atoms with Gasteiger partial charge in [-0.15, -0.1) is 5.48 Å². The van der Waals surface area contributed by atoms with Gasteiger partial charge in [0.25, 0.3) is 0 Å². The summed E-state index contributed by atoms with van der Waals surface area (Å²) >= 11 is 6.03. The summed E-state index contributed by atoms with van der Waals surface area (Å²) in [4.78, 5) is 23.5. The first-order valence-electron chi connectivity index (χ1n) is 12.9. The number of carbonyl (C=O) groups is 1. The lowest BCUT2D eigenvalue weighted by molar-refractivity contribution is -0.0254. The van der Waals surface area contributed by atoms with Crippen LogP contribution in [0.15, 0.2) is 66.9 Å². The zero-order chi connectivity index (χ0) is 26.1. The van der Waals surface area contributed by atoms with Crippen molar-refractivity contribution in [3.63, 3.8) is 0 Å². The molecule has 1 unspecified atom stereocenters. The number of likely N-dealkylation sites (tertiary alicyclic amines) is 1. The van der Waals surface area contributed by atoms with Crippen molar-refractivity contribution in [3.8, 4) is 11.6 Å². The highest BCUT2D eigenvalue weighted by molar-refractivity contribution is 6.30. The van der Waals surface area contributed by atoms with E-state index in [4.69, 9.17) is 21.2 Å². The number of rotatable bonds is 5. The van der Waals surface area contributed by atoms with Gasteiger partial charge < -0.3 is 19.6 Å². The Morgan fingerprint density at radius 2 is 1.95 bits per heavy atom. The summed E-state index contributed by atoms with van der Waals surface area (Å²) in [6, 6.07) is 17.3. The minimum absolute atomic E-state index is 0.454. The first kappa shape index (κ1) is 24.9. The van der Waals surface area contributed by atoms with Crippen LogP contribution in [0, 0.1) is 0 Å². The van der Waals surface area contributed by atoms with E-state index >= 15 is 0 Å². The normalized spacial score (nSPS) is 21.6. The summed E-state index contributed by atoms with van der Waals surface area (Å²) in [5.74, 6) is 1.28. The van der Waals surface area contributed by atoms with E-state index in [1.807, 2.05) is 54.6 Å². The minimum Gasteiger partial charge on any atom is -0.438 e. The maximum Gasteiger partial charge on any atom is 0.427 e. The van der Waals surface area contributed by atoms with Crippen LogP contribution in [0.25, 0.3) is 5.57 Å². The van der Waals surface area contributed by atoms with E-state index in [1.54, 1.807) is 6.20 Å². The molecule has 2 saturated heterocycles. The molecule has 38 heavy (non-hydrogen) atoms. The molecule has 0 radical (unpaired) electrons. The van der Waals surface area contributed by atoms with Gasteiger partial charge in [0.15, 0.2) is 0 Å². The van der Waals surface area contributed by atoms with Crippen molar-refractivity contribution < 1.29 is 19.5 Å². The number of amides is 1. The van der Waals surface area contributed by atoms with Gasteiger partial charge in [0.05, 0.1) is 5.60 Å². The van der Waals surface area contributed by atoms with Crippen molar-refractivity contribution >= 4 is 23.3 Å². The van der Waals surface area contributed by atoms with Crippen LogP contribution in [0.5, 0.6) is 11.6 Å². The molecule has 2 fully saturated rings. The second kappa shape index (κ2) is 10.4. The Morgan fingerprint density at radius 1 is 1.13 bits per heavy atom. The molecule has 3 aliphatic rings. The molecule has 3 aromatic rings. The van der Waals surface area contributed by atoms with Gasteiger partial charge >= 0.3 is 6.09 Å². The molecular formula is C29H29ClN4O4. The number of halogens is 1. The number of fused-ring (bicyclic) bond motifs is 2. The Kier molecular flexibility index (Phi) is 6.80. The van der Waals surface area contributed by atoms with Gasteiger partial charge in [0, 0.05) is 48.4 Å². The molecule has 1 aromatic heterocycles. The van der Waals surface area contributed by atoms with Gasteiger partial charge in [0.2, 0.25) is 5.88 Å². The quantitative estimate of drug-likeness (QED) is 0.421. The lowest BCUT2D eigenvalue weighted by atomic mass is 9.84. The number of nitrogens with one attached hydrogen (secondary N) is 2. The van der Waals surface area contributed by atoms with E-state index in [1.165, 1.54) is 0 Å². The third-order valence-corrected chi connectivity index (χ3v) is 7.86. The molecule has 8 nitrogen and oxygen atoms in total. The summed E-state index contributed by atoms with van der Waals surface area (Å²) in [6.07, 6.45) is 5.88. The fourth-order valence-electron chi connectivity index (χ4n) is 5.47. The van der Waals surface area contributed by atoms with E-state index in [0.717, 1.165) is 53.9 Å². The number of nitrogens with zero attached hydrogens (tertiary/aromatic N) is 2. The molecule has 3 N–H and O–H groups in total. The topological polar surface area (TPSA) is 96.0 Å². The van der Waals surface area contributed by atoms with Gasteiger partial charge in [-0.05, 0) is 66.3 Å². The predicted octanol–water partition coefficient (Wildman–Crippen LogP) is 5.08. The number of benzene rings is 2. The number of pyridine rings is 1. The average molecular weight is 533 g/mol. The van der Waals surface area contributed by atoms with Crippen LogP contribution in [0.3, 0.4) is 0 Å². The molecule has 0 saturated carbocycles. The van der Waals surface area contributed by atoms with E-state index < -0.39 is 17.9 Å². The number of hydroxylamine groups is 1. The van der Waals surface area contributed by atoms with Gasteiger partial charge in [-0.1, -0.05) is 41.9 Å². The van der Waals surface area contributed by atoms with Crippen LogP contribution in [0.2, 0.25) is 5.02 Å². The van der Waals surface area contributed by atoms with Crippen LogP contribution < -0.4 is 15.5 Å². The minimum atomic E-state index is -0.809. The van der Waals surface area contributed by atoms with Crippen molar-refractivity contribution in [3.05, 3.63) is 94.1 Å². The number of ether oxygens (including phenoxy) is 1. The smallest absolute Gasteiger partial charge is 0.427 e. The summed E-state index contributed by atoms with van der Waals surface area (Å²) in [5, 5.41) is 14.7. The summed E-state index contributed by atoms with van der Waals surface area (Å²) in [7, 11) is 0. The van der Waals surface area contributed by atoms with E-state index in [9.17, 15) is 9.90 Å². The fraction of sp³-hybridized carbons (Fsp3) is 0.310. The number of hydrogen-bond acceptors (Lipinski definition) is 7. The van der Waals surface area contributed by atoms with E-state index in [2.05, 4.69) is 26.8 Å². The second-order valence-corrected chi connectivity index (χ2v) is 10.4. The largest absolute Gasteiger partial charge is 0.438 e. The molecule has 0 spiro atoms. The second-order valence-electron chi connectivity index (χ2n) is 9.94. The number of hydrogen-bond donors (Lipinski definition) is 3. The van der Waals surface area contributed by atoms with Gasteiger partial charge in [-0.25, -0.2) is 9.78 Å². The Balaban J connectivity index is 1.18. The number of carbonyl (C=O) groups excluding carboxylic acids is 1. The molecule has 4 heterocycles. The third-order valence-electron chi connectivity index (χ3n) is 7.60. The highest BCUT2D eigenvalue weighted by atomic mass is 35.5. The van der Waals surface area contributed by atoms with Crippen LogP contribution in [0.1, 0.15) is 47.7 Å². The zero-order valence-electron chi connectivity index (χ0n) is 20.8. The van der Waals surface area contributed by atoms with Crippen molar-refractivity contribution in [2.24, 2.45) is 0 Å². The monoisotopic (exact) mass is 532 g/mol. The molecule has 1 atom stereocenters. The average Bonchev–Trinajstić information content (AvgIpc) is 3.29. The Morgan fingerprint density at radius 3 is 2.71 bits per heavy atom. The molecule has 0 aliphatic carbocycles. The zero-order valence-corrected chi connectivity index (χ0v) is 21.6. The summed E-state index contributed by atoms with van der Waals surface area (Å²) < 4.78 is 6.25. The Labute approximate surface area is 226 Å². The molecule has 9 heteroatoms. The maximum atomic E-state index is 11.7. The van der Waals surface area contributed by atoms with Crippen LogP contribution >= 0.6 is 11.6 Å². The fourth-order valence-corrected chi connectivity index (χ4v) is 5.60. The SMILES string of the molecule is O=C1NC(c2cccc3c2C/C(=C/CCN2CCC(O)(c4ccc(Cl)cc4)CC2)c2cccnc2O3)NO1. The molecule has 2 aromatic carbocycles. The van der Waals surface area contributed by atoms with Crippen molar-refractivity contribution in [2.45, 2.75) is 37.5 Å². The van der Waals surface area contributed by atoms with Crippen molar-refractivity contribution in [2.75, 3.05) is 19.6 Å². The van der Waals surface area contributed by atoms with E-state index in [0.29, 0.717) is 35.9 Å². The number of allylic oxidation sites excluding steroid dienone is 1. The summed E-state index contributed by atoms with van der Waals surface area (Å²) in [6.45, 7) is 2.53. The molecule has 3 aliphatic heterocycles. The lowest BCUT2D eigenvalue weighted by Crippen LogP contribution is -2.42. The van der Waals surface area contributed by atoms with Crippen LogP contribution in [-0.4, -0.2) is 40.7 Å². The molecule has 1 amide bonds. The molecule has 0 bridgehead atoms. The third kappa shape index (κ3) is 5.00. The number of aliphatic hydroxyl groups is 1. The summed E-state index contributed by atoms with van der Waals surface area (Å²) in [5.41, 5.74) is 6.83. The first-order chi connectivity index (χ1) is 18.5. The van der Waals surface area contributed by atoms with Crippen molar-refractivity contribution in [1.29, 1.82) is 0 Å². The van der Waals surface area contributed by atoms with Gasteiger partial charge in [-0.3, -0.25) is 5.32 Å². The van der Waals surface area contributed by atoms with Crippen molar-refractivity contribution in [1.82, 2.24) is 20.7 Å². The molecular weight excluding hydrogens is 504 g/mol. The van der Waals surface area contributed by atoms with Crippen LogP contribution in [-0.2, 0) is 16.9 Å². The van der Waals surface area contributed by atoms with Crippen LogP contribution in [0.4, 0.5) is 4.79 Å².